The molecule has 0 aliphatic heterocycles. The molecule has 0 bridgehead atoms. The molecule has 0 atom stereocenters. The number of esters is 1. The molecule has 0 saturated heterocycles. The minimum atomic E-state index is -4.47. The van der Waals surface area contributed by atoms with Crippen molar-refractivity contribution in [3.63, 3.8) is 0 Å². The second-order valence-corrected chi connectivity index (χ2v) is 7.86. The first kappa shape index (κ1) is 25.8. The second kappa shape index (κ2) is 11.6. The molecule has 5 nitrogen and oxygen atoms in total. The van der Waals surface area contributed by atoms with Crippen LogP contribution in [0.3, 0.4) is 0 Å². The molecule has 35 heavy (non-hydrogen) atoms. The van der Waals surface area contributed by atoms with Crippen molar-refractivity contribution < 1.29 is 32.2 Å². The van der Waals surface area contributed by atoms with Crippen LogP contribution >= 0.6 is 0 Å². The van der Waals surface area contributed by atoms with Crippen molar-refractivity contribution in [2.75, 3.05) is 25.7 Å². The fourth-order valence-corrected chi connectivity index (χ4v) is 3.73. The highest BCUT2D eigenvalue weighted by atomic mass is 19.4. The molecule has 0 heterocycles. The van der Waals surface area contributed by atoms with E-state index >= 15 is 0 Å². The van der Waals surface area contributed by atoms with E-state index in [0.717, 1.165) is 32.1 Å². The summed E-state index contributed by atoms with van der Waals surface area (Å²) in [5.74, 6) is -1.62. The maximum Gasteiger partial charge on any atom is 0.416 e. The summed E-state index contributed by atoms with van der Waals surface area (Å²) in [5.41, 5.74) is 1.56. The van der Waals surface area contributed by atoms with Gasteiger partial charge in [-0.05, 0) is 60.2 Å². The summed E-state index contributed by atoms with van der Waals surface area (Å²) >= 11 is 0. The lowest BCUT2D eigenvalue weighted by atomic mass is 10.0. The van der Waals surface area contributed by atoms with Crippen molar-refractivity contribution in [2.24, 2.45) is 0 Å². The summed E-state index contributed by atoms with van der Waals surface area (Å²) in [7, 11) is 2.52. The van der Waals surface area contributed by atoms with Gasteiger partial charge in [-0.1, -0.05) is 48.5 Å². The van der Waals surface area contributed by atoms with Crippen LogP contribution in [-0.4, -0.2) is 32.6 Å². The highest BCUT2D eigenvalue weighted by Gasteiger charge is 2.31. The molecule has 0 unspecified atom stereocenters. The summed E-state index contributed by atoms with van der Waals surface area (Å²) in [6, 6.07) is 19.5. The third kappa shape index (κ3) is 6.62. The number of carbonyl (C=O) groups excluding carboxylic acids is 2. The number of unbranched alkanes of at least 4 members (excludes halogenated alkanes) is 1. The maximum atomic E-state index is 13.1. The maximum absolute atomic E-state index is 13.1. The van der Waals surface area contributed by atoms with Crippen LogP contribution in [0.25, 0.3) is 11.1 Å². The average molecular weight is 486 g/mol. The van der Waals surface area contributed by atoms with Gasteiger partial charge in [-0.25, -0.2) is 4.79 Å². The summed E-state index contributed by atoms with van der Waals surface area (Å²) in [4.78, 5) is 26.1. The zero-order chi connectivity index (χ0) is 25.4. The van der Waals surface area contributed by atoms with E-state index < -0.39 is 23.6 Å². The third-order valence-corrected chi connectivity index (χ3v) is 5.54. The minimum Gasteiger partial charge on any atom is -0.495 e. The molecule has 184 valence electrons. The van der Waals surface area contributed by atoms with Crippen LogP contribution in [-0.2, 0) is 26.9 Å². The molecule has 0 spiro atoms. The zero-order valence-electron chi connectivity index (χ0n) is 19.5. The molecular formula is C27H26F3NO4. The average Bonchev–Trinajstić information content (AvgIpc) is 2.88. The molecule has 0 aliphatic rings. The van der Waals surface area contributed by atoms with Gasteiger partial charge in [0.15, 0.2) is 0 Å². The van der Waals surface area contributed by atoms with Crippen LogP contribution in [0.15, 0.2) is 72.8 Å². The van der Waals surface area contributed by atoms with Crippen molar-refractivity contribution in [3.8, 4) is 16.9 Å². The topological polar surface area (TPSA) is 55.8 Å². The van der Waals surface area contributed by atoms with E-state index in [1.165, 1.54) is 23.6 Å². The van der Waals surface area contributed by atoms with Crippen molar-refractivity contribution in [3.05, 3.63) is 83.9 Å². The predicted octanol–water partition coefficient (Wildman–Crippen LogP) is 5.91. The molecule has 3 rings (SSSR count). The van der Waals surface area contributed by atoms with Crippen LogP contribution in [0, 0.1) is 0 Å². The Morgan fingerprint density at radius 2 is 1.57 bits per heavy atom. The van der Waals surface area contributed by atoms with Gasteiger partial charge in [0.1, 0.15) is 5.75 Å². The molecule has 0 radical (unpaired) electrons. The van der Waals surface area contributed by atoms with E-state index in [4.69, 9.17) is 4.74 Å². The van der Waals surface area contributed by atoms with Crippen molar-refractivity contribution in [1.29, 1.82) is 0 Å². The first-order valence-corrected chi connectivity index (χ1v) is 11.0. The van der Waals surface area contributed by atoms with Gasteiger partial charge in [0.05, 0.1) is 25.5 Å². The summed E-state index contributed by atoms with van der Waals surface area (Å²) in [6.07, 6.45) is -2.27. The Hall–Kier alpha value is -3.81. The number of ether oxygens (including phenoxy) is 2. The molecular weight excluding hydrogens is 459 g/mol. The minimum absolute atomic E-state index is 0.236. The lowest BCUT2D eigenvalue weighted by Gasteiger charge is -2.24. The van der Waals surface area contributed by atoms with Gasteiger partial charge in [0.2, 0.25) is 0 Å². The number of aryl methyl sites for hydroxylation is 1. The quantitative estimate of drug-likeness (QED) is 0.226. The fraction of sp³-hybridized carbons (Fsp3) is 0.259. The fourth-order valence-electron chi connectivity index (χ4n) is 3.73. The molecule has 0 saturated carbocycles. The van der Waals surface area contributed by atoms with Crippen LogP contribution in [0.2, 0.25) is 0 Å². The van der Waals surface area contributed by atoms with E-state index in [-0.39, 0.29) is 12.3 Å². The first-order valence-electron chi connectivity index (χ1n) is 11.0. The van der Waals surface area contributed by atoms with Crippen LogP contribution < -0.4 is 9.64 Å². The highest BCUT2D eigenvalue weighted by Crippen LogP contribution is 2.36. The normalized spacial score (nSPS) is 11.1. The highest BCUT2D eigenvalue weighted by molar-refractivity contribution is 6.38. The van der Waals surface area contributed by atoms with E-state index in [2.05, 4.69) is 4.74 Å². The van der Waals surface area contributed by atoms with Gasteiger partial charge in [-0.15, -0.1) is 0 Å². The lowest BCUT2D eigenvalue weighted by Crippen LogP contribution is -2.38. The van der Waals surface area contributed by atoms with Gasteiger partial charge in [-0.3, -0.25) is 9.69 Å². The summed E-state index contributed by atoms with van der Waals surface area (Å²) < 4.78 is 49.5. The largest absolute Gasteiger partial charge is 0.495 e. The standard InChI is InChI=1S/C27H26F3NO4/c1-34-24-18-21(20-12-8-13-22(17-20)27(28,29)30)14-15-23(24)31(25(32)26(33)35-2)16-7-6-11-19-9-4-3-5-10-19/h3-5,8-10,12-15,17-18H,6-7,11,16H2,1-2H3. The molecule has 0 aliphatic carbocycles. The Labute approximate surface area is 202 Å². The number of benzene rings is 3. The van der Waals surface area contributed by atoms with Crippen LogP contribution in [0.5, 0.6) is 5.75 Å². The monoisotopic (exact) mass is 485 g/mol. The molecule has 0 fully saturated rings. The van der Waals surface area contributed by atoms with Crippen molar-refractivity contribution >= 4 is 17.6 Å². The van der Waals surface area contributed by atoms with Gasteiger partial charge in [0.25, 0.3) is 0 Å². The lowest BCUT2D eigenvalue weighted by molar-refractivity contribution is -0.151. The molecule has 3 aromatic rings. The molecule has 0 N–H and O–H groups in total. The number of amides is 1. The van der Waals surface area contributed by atoms with Crippen molar-refractivity contribution in [1.82, 2.24) is 0 Å². The number of carbonyl (C=O) groups is 2. The van der Waals surface area contributed by atoms with E-state index in [9.17, 15) is 22.8 Å². The Morgan fingerprint density at radius 3 is 2.23 bits per heavy atom. The summed E-state index contributed by atoms with van der Waals surface area (Å²) in [6.45, 7) is 0.236. The second-order valence-electron chi connectivity index (χ2n) is 7.86. The van der Waals surface area contributed by atoms with E-state index in [0.29, 0.717) is 23.2 Å². The van der Waals surface area contributed by atoms with E-state index in [1.54, 1.807) is 24.3 Å². The van der Waals surface area contributed by atoms with Gasteiger partial charge in [-0.2, -0.15) is 13.2 Å². The van der Waals surface area contributed by atoms with E-state index in [1.807, 2.05) is 30.3 Å². The predicted molar refractivity (Wildman–Crippen MR) is 127 cm³/mol. The molecule has 8 heteroatoms. The number of nitrogens with zero attached hydrogens (tertiary/aromatic N) is 1. The smallest absolute Gasteiger partial charge is 0.416 e. The SMILES string of the molecule is COC(=O)C(=O)N(CCCCc1ccccc1)c1ccc(-c2cccc(C(F)(F)F)c2)cc1OC. The molecule has 0 aromatic heterocycles. The Bertz CT molecular complexity index is 1160. The number of hydrogen-bond acceptors (Lipinski definition) is 4. The number of methoxy groups -OCH3 is 2. The number of rotatable bonds is 8. The van der Waals surface area contributed by atoms with Crippen molar-refractivity contribution in [2.45, 2.75) is 25.4 Å². The van der Waals surface area contributed by atoms with Gasteiger partial charge in [0, 0.05) is 6.54 Å². The van der Waals surface area contributed by atoms with Crippen LogP contribution in [0.1, 0.15) is 24.0 Å². The van der Waals surface area contributed by atoms with Gasteiger partial charge >= 0.3 is 18.1 Å². The third-order valence-electron chi connectivity index (χ3n) is 5.54. The zero-order valence-corrected chi connectivity index (χ0v) is 19.5. The Balaban J connectivity index is 1.86. The Morgan fingerprint density at radius 1 is 0.857 bits per heavy atom. The van der Waals surface area contributed by atoms with Gasteiger partial charge < -0.3 is 9.47 Å². The number of hydrogen-bond donors (Lipinski definition) is 0. The Kier molecular flexibility index (Phi) is 8.52. The molecule has 1 amide bonds. The number of alkyl halides is 3. The number of anilines is 1. The van der Waals surface area contributed by atoms with Crippen LogP contribution in [0.4, 0.5) is 18.9 Å². The first-order chi connectivity index (χ1) is 16.7. The molecule has 3 aromatic carbocycles. The number of halogens is 3. The summed E-state index contributed by atoms with van der Waals surface area (Å²) in [5, 5.41) is 0.